The van der Waals surface area contributed by atoms with Gasteiger partial charge in [-0.2, -0.15) is 5.26 Å². The summed E-state index contributed by atoms with van der Waals surface area (Å²) in [6, 6.07) is 9.38. The van der Waals surface area contributed by atoms with Gasteiger partial charge in [-0.25, -0.2) is 0 Å². The number of likely N-dealkylation sites (N-methyl/N-ethyl adjacent to an activating group) is 1. The number of nitriles is 1. The number of hydrogen-bond donors (Lipinski definition) is 2. The molecule has 1 aromatic carbocycles. The van der Waals surface area contributed by atoms with Gasteiger partial charge in [-0.15, -0.1) is 0 Å². The number of benzene rings is 1. The zero-order valence-corrected chi connectivity index (χ0v) is 25.1. The molecular weight excluding hydrogens is 536 g/mol. The molecule has 4 fully saturated rings. The van der Waals surface area contributed by atoms with Crippen molar-refractivity contribution in [3.63, 3.8) is 0 Å². The Hall–Kier alpha value is -1.99. The first-order chi connectivity index (χ1) is 19.9. The molecule has 7 atom stereocenters. The van der Waals surface area contributed by atoms with Crippen molar-refractivity contribution in [3.8, 4) is 6.07 Å². The minimum atomic E-state index is -0.224. The molecule has 0 aromatic heterocycles. The maximum absolute atomic E-state index is 12.6. The molecule has 222 valence electrons. The quantitative estimate of drug-likeness (QED) is 0.498. The molecule has 3 aliphatic heterocycles. The lowest BCUT2D eigenvalue weighted by Crippen LogP contribution is -2.72. The summed E-state index contributed by atoms with van der Waals surface area (Å²) in [5.74, 6) is 0.347. The molecule has 3 heterocycles. The summed E-state index contributed by atoms with van der Waals surface area (Å²) in [6.07, 6.45) is 10.8. The summed E-state index contributed by atoms with van der Waals surface area (Å²) in [4.78, 5) is 19.3. The zero-order chi connectivity index (χ0) is 28.6. The lowest BCUT2D eigenvalue weighted by atomic mass is 9.59. The number of hydrogen-bond acceptors (Lipinski definition) is 7. The summed E-state index contributed by atoms with van der Waals surface area (Å²) in [5.41, 5.74) is 3.05. The average molecular weight is 581 g/mol. The first-order valence-electron chi connectivity index (χ1n) is 15.5. The van der Waals surface area contributed by atoms with Crippen LogP contribution >= 0.6 is 11.6 Å². The normalized spacial score (nSPS) is 36.0. The number of fused-ring (bicyclic) bond motifs is 2. The Morgan fingerprint density at radius 2 is 2.12 bits per heavy atom. The molecule has 1 spiro atoms. The maximum atomic E-state index is 12.6. The molecule has 41 heavy (non-hydrogen) atoms. The van der Waals surface area contributed by atoms with Gasteiger partial charge < -0.3 is 14.5 Å². The van der Waals surface area contributed by atoms with Gasteiger partial charge in [0.05, 0.1) is 31.3 Å². The molecule has 9 heteroatoms. The molecular formula is C32H45ClN6O2. The van der Waals surface area contributed by atoms with E-state index in [4.69, 9.17) is 16.3 Å². The van der Waals surface area contributed by atoms with E-state index in [0.29, 0.717) is 44.1 Å². The highest BCUT2D eigenvalue weighted by Gasteiger charge is 2.50. The molecule has 0 bridgehead atoms. The third-order valence-electron chi connectivity index (χ3n) is 10.8. The molecule has 7 unspecified atom stereocenters. The van der Waals surface area contributed by atoms with Gasteiger partial charge >= 0.3 is 0 Å². The van der Waals surface area contributed by atoms with Gasteiger partial charge in [-0.05, 0) is 93.6 Å². The van der Waals surface area contributed by atoms with Crippen LogP contribution in [0.5, 0.6) is 0 Å². The van der Waals surface area contributed by atoms with Crippen LogP contribution in [0.15, 0.2) is 30.9 Å². The molecule has 5 aliphatic rings. The van der Waals surface area contributed by atoms with Crippen molar-refractivity contribution in [2.75, 3.05) is 39.8 Å². The van der Waals surface area contributed by atoms with Crippen LogP contribution in [-0.2, 0) is 22.4 Å². The van der Waals surface area contributed by atoms with Crippen molar-refractivity contribution in [1.29, 1.82) is 5.26 Å². The van der Waals surface area contributed by atoms with Crippen LogP contribution in [0.1, 0.15) is 56.1 Å². The van der Waals surface area contributed by atoms with Gasteiger partial charge in [-0.1, -0.05) is 30.3 Å². The van der Waals surface area contributed by atoms with Crippen LogP contribution in [0.4, 0.5) is 0 Å². The Morgan fingerprint density at radius 3 is 2.90 bits per heavy atom. The topological polar surface area (TPSA) is 83.9 Å². The van der Waals surface area contributed by atoms with Gasteiger partial charge in [0.2, 0.25) is 5.91 Å². The largest absolute Gasteiger partial charge is 0.348 e. The SMILES string of the molecule is C=CC(=O)N1CCN(C2NC(OCC3CCCN3C)NC3CC4(CCc5c(Cl)cccc5C4)CCC32)CC1CC#N. The predicted molar refractivity (Wildman–Crippen MR) is 160 cm³/mol. The number of carbonyl (C=O) groups is 1. The summed E-state index contributed by atoms with van der Waals surface area (Å²) in [5, 5.41) is 18.2. The number of piperazine rings is 1. The van der Waals surface area contributed by atoms with Crippen LogP contribution < -0.4 is 10.6 Å². The second kappa shape index (κ2) is 12.3. The summed E-state index contributed by atoms with van der Waals surface area (Å²) >= 11 is 6.58. The molecule has 2 N–H and O–H groups in total. The van der Waals surface area contributed by atoms with E-state index in [1.807, 2.05) is 11.0 Å². The molecule has 2 aliphatic carbocycles. The van der Waals surface area contributed by atoms with E-state index in [0.717, 1.165) is 43.8 Å². The fourth-order valence-electron chi connectivity index (χ4n) is 8.48. The van der Waals surface area contributed by atoms with Gasteiger partial charge in [0, 0.05) is 42.7 Å². The number of carbonyl (C=O) groups excluding carboxylic acids is 1. The number of nitrogens with zero attached hydrogens (tertiary/aromatic N) is 4. The fourth-order valence-corrected chi connectivity index (χ4v) is 8.77. The Balaban J connectivity index is 1.21. The summed E-state index contributed by atoms with van der Waals surface area (Å²) < 4.78 is 6.57. The van der Waals surface area contributed by atoms with Crippen molar-refractivity contribution >= 4 is 17.5 Å². The number of rotatable bonds is 6. The highest BCUT2D eigenvalue weighted by Crippen LogP contribution is 2.50. The number of likely N-dealkylation sites (tertiary alicyclic amines) is 1. The van der Waals surface area contributed by atoms with Crippen LogP contribution in [0, 0.1) is 22.7 Å². The standard InChI is InChI=1S/C32H45ClN6O2/c1-3-29(40)39-17-16-38(20-23(39)11-14-34)30-26-10-13-32(12-9-25-22(18-32)6-4-8-27(25)33)19-28(26)35-31(36-30)41-21-24-7-5-15-37(24)2/h3-4,6,8,23-24,26,28,30-31,35-36H,1,5,7,9-13,15-21H2,2H3. The molecule has 1 saturated carbocycles. The lowest BCUT2D eigenvalue weighted by Gasteiger charge is -2.56. The summed E-state index contributed by atoms with van der Waals surface area (Å²) in [7, 11) is 2.19. The fraction of sp³-hybridized carbons (Fsp3) is 0.688. The number of amides is 1. The average Bonchev–Trinajstić information content (AvgIpc) is 3.39. The lowest BCUT2D eigenvalue weighted by molar-refractivity contribution is -0.137. The molecule has 1 amide bonds. The highest BCUT2D eigenvalue weighted by molar-refractivity contribution is 6.31. The van der Waals surface area contributed by atoms with Crippen molar-refractivity contribution < 1.29 is 9.53 Å². The van der Waals surface area contributed by atoms with Crippen molar-refractivity contribution in [2.24, 2.45) is 11.3 Å². The minimum Gasteiger partial charge on any atom is -0.348 e. The van der Waals surface area contributed by atoms with Gasteiger partial charge in [-0.3, -0.25) is 20.3 Å². The predicted octanol–water partition coefficient (Wildman–Crippen LogP) is 3.51. The van der Waals surface area contributed by atoms with Crippen molar-refractivity contribution in [1.82, 2.24) is 25.3 Å². The van der Waals surface area contributed by atoms with E-state index in [1.54, 1.807) is 0 Å². The highest BCUT2D eigenvalue weighted by atomic mass is 35.5. The first-order valence-corrected chi connectivity index (χ1v) is 15.9. The van der Waals surface area contributed by atoms with Crippen LogP contribution in [0.25, 0.3) is 0 Å². The minimum absolute atomic E-state index is 0.0831. The molecule has 3 saturated heterocycles. The molecule has 1 aromatic rings. The van der Waals surface area contributed by atoms with E-state index in [-0.39, 0.29) is 29.9 Å². The van der Waals surface area contributed by atoms with Crippen LogP contribution in [0.3, 0.4) is 0 Å². The second-order valence-corrected chi connectivity index (χ2v) is 13.5. The van der Waals surface area contributed by atoms with Crippen LogP contribution in [-0.4, -0.2) is 91.1 Å². The van der Waals surface area contributed by atoms with E-state index in [1.165, 1.54) is 42.9 Å². The Morgan fingerprint density at radius 1 is 1.24 bits per heavy atom. The van der Waals surface area contributed by atoms with Crippen molar-refractivity contribution in [3.05, 3.63) is 47.0 Å². The number of ether oxygens (including phenoxy) is 1. The Kier molecular flexibility index (Phi) is 8.74. The van der Waals surface area contributed by atoms with Gasteiger partial charge in [0.15, 0.2) is 6.35 Å². The monoisotopic (exact) mass is 580 g/mol. The van der Waals surface area contributed by atoms with E-state index in [2.05, 4.69) is 52.3 Å². The van der Waals surface area contributed by atoms with E-state index >= 15 is 0 Å². The second-order valence-electron chi connectivity index (χ2n) is 13.1. The van der Waals surface area contributed by atoms with Gasteiger partial charge in [0.25, 0.3) is 0 Å². The third kappa shape index (κ3) is 5.95. The molecule has 6 rings (SSSR count). The smallest absolute Gasteiger partial charge is 0.246 e. The van der Waals surface area contributed by atoms with E-state index in [9.17, 15) is 10.1 Å². The number of nitrogens with one attached hydrogen (secondary N) is 2. The molecule has 8 nitrogen and oxygen atoms in total. The molecule has 0 radical (unpaired) electrons. The first kappa shape index (κ1) is 29.1. The Bertz CT molecular complexity index is 1170. The van der Waals surface area contributed by atoms with Gasteiger partial charge in [0.1, 0.15) is 0 Å². The zero-order valence-electron chi connectivity index (χ0n) is 24.4. The maximum Gasteiger partial charge on any atom is 0.246 e. The summed E-state index contributed by atoms with van der Waals surface area (Å²) in [6.45, 7) is 7.60. The van der Waals surface area contributed by atoms with E-state index < -0.39 is 0 Å². The van der Waals surface area contributed by atoms with Crippen LogP contribution in [0.2, 0.25) is 5.02 Å². The Labute approximate surface area is 250 Å². The number of halogens is 1. The van der Waals surface area contributed by atoms with Crippen molar-refractivity contribution in [2.45, 2.75) is 88.4 Å². The third-order valence-corrected chi connectivity index (χ3v) is 11.1.